The Morgan fingerprint density at radius 3 is 2.71 bits per heavy atom. The van der Waals surface area contributed by atoms with E-state index in [2.05, 4.69) is 12.2 Å². The van der Waals surface area contributed by atoms with Gasteiger partial charge in [-0.2, -0.15) is 0 Å². The molecule has 2 N–H and O–H groups in total. The van der Waals surface area contributed by atoms with Crippen LogP contribution in [0.25, 0.3) is 0 Å². The molecule has 1 aliphatic rings. The molecule has 0 spiro atoms. The van der Waals surface area contributed by atoms with Gasteiger partial charge in [0.2, 0.25) is 0 Å². The van der Waals surface area contributed by atoms with Crippen LogP contribution in [0.3, 0.4) is 0 Å². The fraction of sp³-hybridized carbons (Fsp3) is 0.647. The molecule has 0 saturated heterocycles. The van der Waals surface area contributed by atoms with E-state index in [1.165, 1.54) is 12.8 Å². The molecule has 21 heavy (non-hydrogen) atoms. The predicted molar refractivity (Wildman–Crippen MR) is 84.0 cm³/mol. The van der Waals surface area contributed by atoms with Crippen LogP contribution < -0.4 is 14.8 Å². The van der Waals surface area contributed by atoms with E-state index in [0.717, 1.165) is 17.9 Å². The van der Waals surface area contributed by atoms with Gasteiger partial charge in [0.15, 0.2) is 0 Å². The predicted octanol–water partition coefficient (Wildman–Crippen LogP) is 2.75. The third-order valence-corrected chi connectivity index (χ3v) is 3.67. The molecular formula is C17H27NO3. The number of aliphatic hydroxyl groups is 1. The smallest absolute Gasteiger partial charge is 0.123 e. The average Bonchev–Trinajstić information content (AvgIpc) is 3.23. The number of rotatable bonds is 9. The molecule has 1 aromatic carbocycles. The Bertz CT molecular complexity index is 447. The van der Waals surface area contributed by atoms with E-state index in [9.17, 15) is 5.11 Å². The molecule has 0 aromatic heterocycles. The van der Waals surface area contributed by atoms with Crippen molar-refractivity contribution in [2.45, 2.75) is 57.7 Å². The van der Waals surface area contributed by atoms with E-state index >= 15 is 0 Å². The van der Waals surface area contributed by atoms with Crippen molar-refractivity contribution in [1.29, 1.82) is 0 Å². The van der Waals surface area contributed by atoms with Crippen LogP contribution in [0.1, 0.15) is 40.0 Å². The molecule has 0 heterocycles. The molecule has 4 nitrogen and oxygen atoms in total. The highest BCUT2D eigenvalue weighted by atomic mass is 16.5. The van der Waals surface area contributed by atoms with E-state index in [-0.39, 0.29) is 18.2 Å². The van der Waals surface area contributed by atoms with Crippen LogP contribution in [0.15, 0.2) is 24.3 Å². The number of hydrogen-bond donors (Lipinski definition) is 2. The van der Waals surface area contributed by atoms with Crippen LogP contribution in [-0.4, -0.2) is 36.0 Å². The Kier molecular flexibility index (Phi) is 5.48. The van der Waals surface area contributed by atoms with Crippen molar-refractivity contribution >= 4 is 0 Å². The van der Waals surface area contributed by atoms with Crippen molar-refractivity contribution in [2.75, 3.05) is 13.2 Å². The molecule has 4 heteroatoms. The van der Waals surface area contributed by atoms with Gasteiger partial charge in [-0.3, -0.25) is 0 Å². The quantitative estimate of drug-likeness (QED) is 0.735. The van der Waals surface area contributed by atoms with E-state index < -0.39 is 0 Å². The van der Waals surface area contributed by atoms with Crippen LogP contribution in [0, 0.1) is 0 Å². The van der Waals surface area contributed by atoms with Gasteiger partial charge in [-0.25, -0.2) is 0 Å². The highest BCUT2D eigenvalue weighted by Crippen LogP contribution is 2.26. The van der Waals surface area contributed by atoms with E-state index in [1.54, 1.807) is 0 Å². The third-order valence-electron chi connectivity index (χ3n) is 3.67. The molecule has 1 aromatic rings. The number of ether oxygens (including phenoxy) is 2. The number of hydrogen-bond acceptors (Lipinski definition) is 4. The topological polar surface area (TPSA) is 50.7 Å². The monoisotopic (exact) mass is 293 g/mol. The first-order valence-electron chi connectivity index (χ1n) is 7.83. The summed E-state index contributed by atoms with van der Waals surface area (Å²) in [6.07, 6.45) is 3.20. The average molecular weight is 293 g/mol. The zero-order valence-corrected chi connectivity index (χ0v) is 13.3. The summed E-state index contributed by atoms with van der Waals surface area (Å²) in [6, 6.07) is 8.26. The molecule has 1 aliphatic carbocycles. The molecule has 2 rings (SSSR count). The normalized spacial score (nSPS) is 18.9. The fourth-order valence-electron chi connectivity index (χ4n) is 2.60. The lowest BCUT2D eigenvalue weighted by Gasteiger charge is -2.32. The molecule has 2 unspecified atom stereocenters. The second-order valence-corrected chi connectivity index (χ2v) is 6.18. The maximum Gasteiger partial charge on any atom is 0.123 e. The maximum atomic E-state index is 9.65. The Morgan fingerprint density at radius 2 is 2.10 bits per heavy atom. The summed E-state index contributed by atoms with van der Waals surface area (Å²) < 4.78 is 11.4. The Hall–Kier alpha value is -1.26. The lowest BCUT2D eigenvalue weighted by molar-refractivity contribution is 0.108. The molecule has 0 aliphatic heterocycles. The molecule has 1 saturated carbocycles. The van der Waals surface area contributed by atoms with Crippen molar-refractivity contribution in [1.82, 2.24) is 5.32 Å². The molecule has 0 bridgehead atoms. The zero-order valence-electron chi connectivity index (χ0n) is 13.3. The fourth-order valence-corrected chi connectivity index (χ4v) is 2.60. The Morgan fingerprint density at radius 1 is 1.38 bits per heavy atom. The highest BCUT2D eigenvalue weighted by molar-refractivity contribution is 5.33. The molecule has 1 fully saturated rings. The van der Waals surface area contributed by atoms with Crippen LogP contribution in [0.5, 0.6) is 11.5 Å². The lowest BCUT2D eigenvalue weighted by Crippen LogP contribution is -2.49. The van der Waals surface area contributed by atoms with Crippen molar-refractivity contribution in [2.24, 2.45) is 0 Å². The van der Waals surface area contributed by atoms with Gasteiger partial charge in [-0.15, -0.1) is 0 Å². The van der Waals surface area contributed by atoms with Gasteiger partial charge in [0, 0.05) is 24.1 Å². The van der Waals surface area contributed by atoms with Gasteiger partial charge in [-0.1, -0.05) is 6.07 Å². The van der Waals surface area contributed by atoms with Crippen molar-refractivity contribution in [3.05, 3.63) is 24.3 Å². The van der Waals surface area contributed by atoms with Gasteiger partial charge >= 0.3 is 0 Å². The standard InChI is InChI=1S/C17H27NO3/c1-4-20-15-6-5-7-16(10-15)21-13(2)11-17(3,12-19)18-14-8-9-14/h5-7,10,13-14,18-19H,4,8-9,11-12H2,1-3H3. The number of nitrogens with one attached hydrogen (secondary N) is 1. The maximum absolute atomic E-state index is 9.65. The van der Waals surface area contributed by atoms with Crippen molar-refractivity contribution in [3.63, 3.8) is 0 Å². The summed E-state index contributed by atoms with van der Waals surface area (Å²) in [5.74, 6) is 1.63. The minimum atomic E-state index is -0.280. The first kappa shape index (κ1) is 16.1. The second kappa shape index (κ2) is 7.14. The van der Waals surface area contributed by atoms with Gasteiger partial charge in [0.1, 0.15) is 11.5 Å². The molecule has 0 amide bonds. The van der Waals surface area contributed by atoms with E-state index in [1.807, 2.05) is 38.1 Å². The zero-order chi connectivity index (χ0) is 15.3. The lowest BCUT2D eigenvalue weighted by atomic mass is 9.95. The minimum absolute atomic E-state index is 0.0188. The van der Waals surface area contributed by atoms with E-state index in [4.69, 9.17) is 9.47 Å². The van der Waals surface area contributed by atoms with Crippen LogP contribution in [0.4, 0.5) is 0 Å². The summed E-state index contributed by atoms with van der Waals surface area (Å²) >= 11 is 0. The SMILES string of the molecule is CCOc1cccc(OC(C)CC(C)(CO)NC2CC2)c1. The summed E-state index contributed by atoms with van der Waals surface area (Å²) in [4.78, 5) is 0. The Labute approximate surface area is 127 Å². The first-order chi connectivity index (χ1) is 10.0. The molecule has 0 radical (unpaired) electrons. The van der Waals surface area contributed by atoms with Gasteiger partial charge < -0.3 is 19.9 Å². The van der Waals surface area contributed by atoms with Gasteiger partial charge in [0.25, 0.3) is 0 Å². The summed E-state index contributed by atoms with van der Waals surface area (Å²) in [5.41, 5.74) is -0.280. The van der Waals surface area contributed by atoms with Crippen LogP contribution in [0.2, 0.25) is 0 Å². The van der Waals surface area contributed by atoms with Crippen molar-refractivity contribution in [3.8, 4) is 11.5 Å². The molecular weight excluding hydrogens is 266 g/mol. The Balaban J connectivity index is 1.90. The third kappa shape index (κ3) is 5.21. The van der Waals surface area contributed by atoms with Crippen LogP contribution in [-0.2, 0) is 0 Å². The number of benzene rings is 1. The summed E-state index contributed by atoms with van der Waals surface area (Å²) in [5, 5.41) is 13.2. The minimum Gasteiger partial charge on any atom is -0.494 e. The van der Waals surface area contributed by atoms with E-state index in [0.29, 0.717) is 12.6 Å². The van der Waals surface area contributed by atoms with Crippen LogP contribution >= 0.6 is 0 Å². The number of aliphatic hydroxyl groups excluding tert-OH is 1. The summed E-state index contributed by atoms with van der Waals surface area (Å²) in [7, 11) is 0. The van der Waals surface area contributed by atoms with Gasteiger partial charge in [0.05, 0.1) is 19.3 Å². The molecule has 2 atom stereocenters. The highest BCUT2D eigenvalue weighted by Gasteiger charge is 2.33. The van der Waals surface area contributed by atoms with Gasteiger partial charge in [-0.05, 0) is 45.7 Å². The largest absolute Gasteiger partial charge is 0.494 e. The molecule has 118 valence electrons. The second-order valence-electron chi connectivity index (χ2n) is 6.18. The van der Waals surface area contributed by atoms with Crippen molar-refractivity contribution < 1.29 is 14.6 Å². The first-order valence-corrected chi connectivity index (χ1v) is 7.83. The summed E-state index contributed by atoms with van der Waals surface area (Å²) in [6.45, 7) is 6.83.